The lowest BCUT2D eigenvalue weighted by atomic mass is 9.93. The molecule has 0 aliphatic carbocycles. The molecule has 0 aromatic carbocycles. The van der Waals surface area contributed by atoms with E-state index < -0.39 is 24.0 Å². The molecule has 0 aliphatic heterocycles. The van der Waals surface area contributed by atoms with E-state index >= 15 is 0 Å². The summed E-state index contributed by atoms with van der Waals surface area (Å²) in [6.07, 6.45) is -4.88. The second kappa shape index (κ2) is 5.34. The predicted molar refractivity (Wildman–Crippen MR) is 51.2 cm³/mol. The molecule has 0 aromatic heterocycles. The van der Waals surface area contributed by atoms with Crippen LogP contribution in [0.5, 0.6) is 0 Å². The van der Waals surface area contributed by atoms with E-state index in [1.807, 2.05) is 0 Å². The maximum absolute atomic E-state index is 11.9. The summed E-state index contributed by atoms with van der Waals surface area (Å²) in [7, 11) is 0. The maximum Gasteiger partial charge on any atom is 0.397 e. The van der Waals surface area contributed by atoms with Crippen LogP contribution in [0.1, 0.15) is 33.1 Å². The first-order valence-corrected chi connectivity index (χ1v) is 4.86. The molecular weight excluding hydrogens is 209 g/mol. The van der Waals surface area contributed by atoms with E-state index in [1.165, 1.54) is 0 Å². The molecule has 0 rings (SSSR count). The summed E-state index contributed by atoms with van der Waals surface area (Å²) in [4.78, 5) is 11.1. The summed E-state index contributed by atoms with van der Waals surface area (Å²) < 4.78 is 35.7. The number of nitrogens with one attached hydrogen (secondary N) is 1. The number of amides is 1. The Labute approximate surface area is 87.2 Å². The number of hydrogen-bond acceptors (Lipinski definition) is 2. The van der Waals surface area contributed by atoms with Gasteiger partial charge in [-0.2, -0.15) is 13.2 Å². The van der Waals surface area contributed by atoms with E-state index in [1.54, 1.807) is 13.8 Å². The highest BCUT2D eigenvalue weighted by Crippen LogP contribution is 2.21. The number of carbonyl (C=O) groups excluding carboxylic acids is 1. The van der Waals surface area contributed by atoms with Crippen molar-refractivity contribution in [2.45, 2.75) is 44.8 Å². The molecule has 0 saturated carbocycles. The SMILES string of the molecule is CCC(CC)(CN)NC(=O)CC(F)(F)F. The zero-order valence-corrected chi connectivity index (χ0v) is 8.95. The summed E-state index contributed by atoms with van der Waals surface area (Å²) >= 11 is 0. The van der Waals surface area contributed by atoms with Gasteiger partial charge in [0.2, 0.25) is 5.91 Å². The highest BCUT2D eigenvalue weighted by atomic mass is 19.4. The summed E-state index contributed by atoms with van der Waals surface area (Å²) in [6.45, 7) is 3.71. The minimum Gasteiger partial charge on any atom is -0.349 e. The van der Waals surface area contributed by atoms with Crippen LogP contribution in [0.2, 0.25) is 0 Å². The first-order valence-electron chi connectivity index (χ1n) is 4.86. The molecule has 3 N–H and O–H groups in total. The summed E-state index contributed by atoms with van der Waals surface area (Å²) in [5.41, 5.74) is 4.74. The number of nitrogens with two attached hydrogens (primary N) is 1. The third-order valence-electron chi connectivity index (χ3n) is 2.51. The lowest BCUT2D eigenvalue weighted by Gasteiger charge is -2.31. The van der Waals surface area contributed by atoms with Crippen molar-refractivity contribution in [3.8, 4) is 0 Å². The van der Waals surface area contributed by atoms with Crippen molar-refractivity contribution < 1.29 is 18.0 Å². The Hall–Kier alpha value is -0.780. The summed E-state index contributed by atoms with van der Waals surface area (Å²) in [6, 6.07) is 0. The Kier molecular flexibility index (Phi) is 5.07. The lowest BCUT2D eigenvalue weighted by Crippen LogP contribution is -2.53. The minimum atomic E-state index is -4.47. The van der Waals surface area contributed by atoms with Crippen molar-refractivity contribution in [2.75, 3.05) is 6.54 Å². The Morgan fingerprint density at radius 3 is 2.00 bits per heavy atom. The Balaban J connectivity index is 4.36. The van der Waals surface area contributed by atoms with Crippen LogP contribution < -0.4 is 11.1 Å². The van der Waals surface area contributed by atoms with Crippen molar-refractivity contribution >= 4 is 5.91 Å². The summed E-state index contributed by atoms with van der Waals surface area (Å²) in [5.74, 6) is -1.02. The number of rotatable bonds is 5. The highest BCUT2D eigenvalue weighted by Gasteiger charge is 2.34. The molecule has 0 aromatic rings. The van der Waals surface area contributed by atoms with E-state index in [0.717, 1.165) is 0 Å². The Morgan fingerprint density at radius 1 is 1.27 bits per heavy atom. The molecule has 0 heterocycles. The molecule has 3 nitrogen and oxygen atoms in total. The molecule has 0 spiro atoms. The fourth-order valence-corrected chi connectivity index (χ4v) is 1.29. The Morgan fingerprint density at radius 2 is 1.73 bits per heavy atom. The van der Waals surface area contributed by atoms with Gasteiger partial charge in [-0.3, -0.25) is 4.79 Å². The smallest absolute Gasteiger partial charge is 0.349 e. The second-order valence-corrected chi connectivity index (χ2v) is 3.53. The van der Waals surface area contributed by atoms with Gasteiger partial charge in [0.15, 0.2) is 0 Å². The van der Waals surface area contributed by atoms with Gasteiger partial charge in [-0.1, -0.05) is 13.8 Å². The van der Waals surface area contributed by atoms with E-state index in [2.05, 4.69) is 5.32 Å². The standard InChI is InChI=1S/C9H17F3N2O/c1-3-8(4-2,6-13)14-7(15)5-9(10,11)12/h3-6,13H2,1-2H3,(H,14,15). The molecule has 0 saturated heterocycles. The number of halogens is 3. The number of hydrogen-bond donors (Lipinski definition) is 2. The van der Waals surface area contributed by atoms with Crippen molar-refractivity contribution in [3.05, 3.63) is 0 Å². The average Bonchev–Trinajstić information content (AvgIpc) is 2.11. The predicted octanol–water partition coefficient (Wildman–Crippen LogP) is 1.57. The van der Waals surface area contributed by atoms with Gasteiger partial charge in [0.25, 0.3) is 0 Å². The monoisotopic (exact) mass is 226 g/mol. The first kappa shape index (κ1) is 14.2. The van der Waals surface area contributed by atoms with Crippen LogP contribution in [-0.2, 0) is 4.79 Å². The zero-order chi connectivity index (χ0) is 12.1. The van der Waals surface area contributed by atoms with E-state index in [-0.39, 0.29) is 6.54 Å². The molecular formula is C9H17F3N2O. The molecule has 0 atom stereocenters. The summed E-state index contributed by atoms with van der Waals surface area (Å²) in [5, 5.41) is 2.35. The van der Waals surface area contributed by atoms with Gasteiger partial charge < -0.3 is 11.1 Å². The Bertz CT molecular complexity index is 204. The third kappa shape index (κ3) is 5.01. The number of alkyl halides is 3. The quantitative estimate of drug-likeness (QED) is 0.747. The van der Waals surface area contributed by atoms with Gasteiger partial charge in [0.1, 0.15) is 6.42 Å². The molecule has 0 aliphatic rings. The van der Waals surface area contributed by atoms with Crippen LogP contribution in [-0.4, -0.2) is 24.2 Å². The maximum atomic E-state index is 11.9. The van der Waals surface area contributed by atoms with Crippen LogP contribution in [0, 0.1) is 0 Å². The molecule has 15 heavy (non-hydrogen) atoms. The van der Waals surface area contributed by atoms with Crippen LogP contribution in [0.25, 0.3) is 0 Å². The zero-order valence-electron chi connectivity index (χ0n) is 8.95. The molecule has 0 fully saturated rings. The van der Waals surface area contributed by atoms with Gasteiger partial charge in [-0.15, -0.1) is 0 Å². The van der Waals surface area contributed by atoms with E-state index in [9.17, 15) is 18.0 Å². The highest BCUT2D eigenvalue weighted by molar-refractivity contribution is 5.77. The van der Waals surface area contributed by atoms with E-state index in [0.29, 0.717) is 12.8 Å². The van der Waals surface area contributed by atoms with Crippen molar-refractivity contribution in [2.24, 2.45) is 5.73 Å². The first-order chi connectivity index (χ1) is 6.78. The molecule has 90 valence electrons. The molecule has 1 amide bonds. The third-order valence-corrected chi connectivity index (χ3v) is 2.51. The van der Waals surface area contributed by atoms with Gasteiger partial charge >= 0.3 is 6.18 Å². The van der Waals surface area contributed by atoms with Crippen molar-refractivity contribution in [3.63, 3.8) is 0 Å². The lowest BCUT2D eigenvalue weighted by molar-refractivity contribution is -0.155. The normalized spacial score (nSPS) is 12.7. The molecule has 0 radical (unpaired) electrons. The van der Waals surface area contributed by atoms with Crippen LogP contribution in [0.4, 0.5) is 13.2 Å². The minimum absolute atomic E-state index is 0.142. The van der Waals surface area contributed by atoms with Crippen LogP contribution in [0.3, 0.4) is 0 Å². The average molecular weight is 226 g/mol. The largest absolute Gasteiger partial charge is 0.397 e. The van der Waals surface area contributed by atoms with E-state index in [4.69, 9.17) is 5.73 Å². The van der Waals surface area contributed by atoms with Crippen LogP contribution >= 0.6 is 0 Å². The fraction of sp³-hybridized carbons (Fsp3) is 0.889. The second-order valence-electron chi connectivity index (χ2n) is 3.53. The van der Waals surface area contributed by atoms with Gasteiger partial charge in [-0.25, -0.2) is 0 Å². The topological polar surface area (TPSA) is 55.1 Å². The molecule has 6 heteroatoms. The van der Waals surface area contributed by atoms with Crippen molar-refractivity contribution in [1.82, 2.24) is 5.32 Å². The number of carbonyl (C=O) groups is 1. The van der Waals surface area contributed by atoms with Gasteiger partial charge in [0.05, 0.1) is 5.54 Å². The van der Waals surface area contributed by atoms with Gasteiger partial charge in [-0.05, 0) is 12.8 Å². The van der Waals surface area contributed by atoms with Crippen molar-refractivity contribution in [1.29, 1.82) is 0 Å². The fourth-order valence-electron chi connectivity index (χ4n) is 1.29. The van der Waals surface area contributed by atoms with Crippen LogP contribution in [0.15, 0.2) is 0 Å². The molecule has 0 bridgehead atoms. The van der Waals surface area contributed by atoms with Gasteiger partial charge in [0, 0.05) is 6.54 Å². The molecule has 0 unspecified atom stereocenters.